The quantitative estimate of drug-likeness (QED) is 0.824. The Hall–Kier alpha value is -2.11. The number of aromatic nitrogens is 4. The van der Waals surface area contributed by atoms with Gasteiger partial charge in [-0.1, -0.05) is 0 Å². The molecule has 0 aliphatic carbocycles. The Morgan fingerprint density at radius 3 is 3.00 bits per heavy atom. The molecule has 0 saturated carbocycles. The van der Waals surface area contributed by atoms with Gasteiger partial charge in [0, 0.05) is 18.3 Å². The number of hydrogen-bond donors (Lipinski definition) is 1. The van der Waals surface area contributed by atoms with Gasteiger partial charge in [0.15, 0.2) is 0 Å². The van der Waals surface area contributed by atoms with E-state index in [0.717, 1.165) is 12.1 Å². The molecule has 0 aliphatic rings. The first-order valence-corrected chi connectivity index (χ1v) is 4.90. The fourth-order valence-electron chi connectivity index (χ4n) is 1.44. The zero-order chi connectivity index (χ0) is 11.5. The molecule has 0 fully saturated rings. The zero-order valence-electron chi connectivity index (χ0n) is 9.10. The lowest BCUT2D eigenvalue weighted by atomic mass is 10.2. The topological polar surface area (TPSA) is 72.8 Å². The SMILES string of the molecule is CCn1cc(-c2nc[nH]c(=O)c2OC)cn1. The van der Waals surface area contributed by atoms with Crippen molar-refractivity contribution in [2.75, 3.05) is 7.11 Å². The van der Waals surface area contributed by atoms with Gasteiger partial charge in [-0.15, -0.1) is 0 Å². The van der Waals surface area contributed by atoms with Crippen LogP contribution in [0.3, 0.4) is 0 Å². The molecule has 6 nitrogen and oxygen atoms in total. The van der Waals surface area contributed by atoms with Crippen LogP contribution in [0.5, 0.6) is 5.75 Å². The summed E-state index contributed by atoms with van der Waals surface area (Å²) in [7, 11) is 1.44. The second-order valence-corrected chi connectivity index (χ2v) is 3.20. The summed E-state index contributed by atoms with van der Waals surface area (Å²) in [6, 6.07) is 0. The molecule has 16 heavy (non-hydrogen) atoms. The van der Waals surface area contributed by atoms with Gasteiger partial charge in [0.2, 0.25) is 5.75 Å². The summed E-state index contributed by atoms with van der Waals surface area (Å²) < 4.78 is 6.79. The van der Waals surface area contributed by atoms with Gasteiger partial charge in [0.05, 0.1) is 19.6 Å². The third kappa shape index (κ3) is 1.69. The van der Waals surface area contributed by atoms with Gasteiger partial charge in [0.1, 0.15) is 5.69 Å². The van der Waals surface area contributed by atoms with E-state index in [4.69, 9.17) is 4.74 Å². The van der Waals surface area contributed by atoms with Gasteiger partial charge < -0.3 is 9.72 Å². The van der Waals surface area contributed by atoms with Gasteiger partial charge in [-0.05, 0) is 6.92 Å². The Morgan fingerprint density at radius 1 is 1.56 bits per heavy atom. The molecule has 1 N–H and O–H groups in total. The average molecular weight is 220 g/mol. The van der Waals surface area contributed by atoms with Crippen LogP contribution in [0.1, 0.15) is 6.92 Å². The van der Waals surface area contributed by atoms with Crippen LogP contribution in [0.15, 0.2) is 23.5 Å². The minimum absolute atomic E-state index is 0.207. The van der Waals surface area contributed by atoms with E-state index in [9.17, 15) is 4.79 Å². The number of aryl methyl sites for hydroxylation is 1. The average Bonchev–Trinajstić information content (AvgIpc) is 2.77. The summed E-state index contributed by atoms with van der Waals surface area (Å²) in [5.41, 5.74) is 0.979. The van der Waals surface area contributed by atoms with Crippen molar-refractivity contribution in [3.63, 3.8) is 0 Å². The minimum atomic E-state index is -0.295. The first kappa shape index (κ1) is 10.4. The Labute approximate surface area is 91.9 Å². The number of rotatable bonds is 3. The zero-order valence-corrected chi connectivity index (χ0v) is 9.10. The van der Waals surface area contributed by atoms with Crippen LogP contribution in [0, 0.1) is 0 Å². The van der Waals surface area contributed by atoms with Crippen LogP contribution in [-0.2, 0) is 6.54 Å². The van der Waals surface area contributed by atoms with Crippen molar-refractivity contribution in [2.45, 2.75) is 13.5 Å². The van der Waals surface area contributed by atoms with Crippen LogP contribution in [-0.4, -0.2) is 26.9 Å². The molecule has 0 aliphatic heterocycles. The molecule has 6 heteroatoms. The molecule has 2 aromatic rings. The van der Waals surface area contributed by atoms with E-state index in [1.54, 1.807) is 10.9 Å². The van der Waals surface area contributed by atoms with E-state index in [0.29, 0.717) is 5.69 Å². The second-order valence-electron chi connectivity index (χ2n) is 3.20. The van der Waals surface area contributed by atoms with Gasteiger partial charge in [0.25, 0.3) is 5.56 Å². The Bertz CT molecular complexity index is 544. The molecule has 0 saturated heterocycles. The van der Waals surface area contributed by atoms with Crippen LogP contribution in [0.4, 0.5) is 0 Å². The van der Waals surface area contributed by atoms with Crippen molar-refractivity contribution in [1.29, 1.82) is 0 Å². The Morgan fingerprint density at radius 2 is 2.38 bits per heavy atom. The molecule has 0 amide bonds. The lowest BCUT2D eigenvalue weighted by Crippen LogP contribution is -2.10. The van der Waals surface area contributed by atoms with Gasteiger partial charge in [-0.25, -0.2) is 4.98 Å². The number of aromatic amines is 1. The van der Waals surface area contributed by atoms with Crippen LogP contribution in [0.2, 0.25) is 0 Å². The number of nitrogens with one attached hydrogen (secondary N) is 1. The lowest BCUT2D eigenvalue weighted by Gasteiger charge is -2.02. The van der Waals surface area contributed by atoms with Crippen molar-refractivity contribution in [3.05, 3.63) is 29.1 Å². The molecular weight excluding hydrogens is 208 g/mol. The molecule has 2 aromatic heterocycles. The van der Waals surface area contributed by atoms with Gasteiger partial charge >= 0.3 is 0 Å². The normalized spacial score (nSPS) is 10.4. The molecule has 0 radical (unpaired) electrons. The summed E-state index contributed by atoms with van der Waals surface area (Å²) in [4.78, 5) is 18.0. The van der Waals surface area contributed by atoms with Gasteiger partial charge in [-0.3, -0.25) is 9.48 Å². The maximum absolute atomic E-state index is 11.5. The molecule has 0 spiro atoms. The standard InChI is InChI=1S/C10H12N4O2/c1-3-14-5-7(4-13-14)8-9(16-2)10(15)12-6-11-8/h4-6H,3H2,1-2H3,(H,11,12,15). The highest BCUT2D eigenvalue weighted by Crippen LogP contribution is 2.22. The molecule has 0 unspecified atom stereocenters. The van der Waals surface area contributed by atoms with Crippen molar-refractivity contribution in [1.82, 2.24) is 19.7 Å². The van der Waals surface area contributed by atoms with Crippen LogP contribution < -0.4 is 10.3 Å². The highest BCUT2D eigenvalue weighted by Gasteiger charge is 2.12. The number of methoxy groups -OCH3 is 1. The third-order valence-electron chi connectivity index (χ3n) is 2.25. The predicted octanol–water partition coefficient (Wildman–Crippen LogP) is 0.662. The van der Waals surface area contributed by atoms with E-state index in [1.165, 1.54) is 13.4 Å². The van der Waals surface area contributed by atoms with E-state index in [2.05, 4.69) is 15.1 Å². The summed E-state index contributed by atoms with van der Waals surface area (Å²) in [6.45, 7) is 2.75. The van der Waals surface area contributed by atoms with E-state index < -0.39 is 0 Å². The van der Waals surface area contributed by atoms with Crippen molar-refractivity contribution >= 4 is 0 Å². The maximum atomic E-state index is 11.5. The molecular formula is C10H12N4O2. The smallest absolute Gasteiger partial charge is 0.293 e. The number of ether oxygens (including phenoxy) is 1. The number of H-pyrrole nitrogens is 1. The lowest BCUT2D eigenvalue weighted by molar-refractivity contribution is 0.408. The largest absolute Gasteiger partial charge is 0.490 e. The number of hydrogen-bond acceptors (Lipinski definition) is 4. The molecule has 0 bridgehead atoms. The summed E-state index contributed by atoms with van der Waals surface area (Å²) >= 11 is 0. The van der Waals surface area contributed by atoms with Crippen molar-refractivity contribution < 1.29 is 4.74 Å². The maximum Gasteiger partial charge on any atom is 0.293 e. The minimum Gasteiger partial charge on any atom is -0.490 e. The van der Waals surface area contributed by atoms with E-state index in [1.807, 2.05) is 13.1 Å². The number of nitrogens with zero attached hydrogens (tertiary/aromatic N) is 3. The summed E-state index contributed by atoms with van der Waals surface area (Å²) in [5.74, 6) is 0.207. The van der Waals surface area contributed by atoms with Gasteiger partial charge in [-0.2, -0.15) is 5.10 Å². The predicted molar refractivity (Wildman–Crippen MR) is 58.3 cm³/mol. The summed E-state index contributed by atoms with van der Waals surface area (Å²) in [5, 5.41) is 4.12. The molecule has 2 heterocycles. The molecule has 2 rings (SSSR count). The fraction of sp³-hybridized carbons (Fsp3) is 0.300. The molecule has 0 aromatic carbocycles. The highest BCUT2D eigenvalue weighted by molar-refractivity contribution is 5.63. The Kier molecular flexibility index (Phi) is 2.72. The fourth-order valence-corrected chi connectivity index (χ4v) is 1.44. The highest BCUT2D eigenvalue weighted by atomic mass is 16.5. The van der Waals surface area contributed by atoms with E-state index >= 15 is 0 Å². The van der Waals surface area contributed by atoms with Crippen molar-refractivity contribution in [2.24, 2.45) is 0 Å². The Balaban J connectivity index is 2.55. The second kappa shape index (κ2) is 4.18. The third-order valence-corrected chi connectivity index (χ3v) is 2.25. The monoisotopic (exact) mass is 220 g/mol. The van der Waals surface area contributed by atoms with Crippen LogP contribution in [0.25, 0.3) is 11.3 Å². The molecule has 84 valence electrons. The first-order chi connectivity index (χ1) is 7.76. The van der Waals surface area contributed by atoms with Crippen molar-refractivity contribution in [3.8, 4) is 17.0 Å². The molecule has 0 atom stereocenters. The summed E-state index contributed by atoms with van der Waals surface area (Å²) in [6.07, 6.45) is 4.83. The van der Waals surface area contributed by atoms with E-state index in [-0.39, 0.29) is 11.3 Å². The van der Waals surface area contributed by atoms with Crippen LogP contribution >= 0.6 is 0 Å². The first-order valence-electron chi connectivity index (χ1n) is 4.90.